The average molecular weight is 582 g/mol. The van der Waals surface area contributed by atoms with E-state index < -0.39 is 55.8 Å². The Morgan fingerprint density at radius 3 is 3.02 bits per heavy atom. The van der Waals surface area contributed by atoms with Gasteiger partial charge in [-0.15, -0.1) is 5.10 Å². The summed E-state index contributed by atoms with van der Waals surface area (Å²) < 4.78 is 93.6. The first-order chi connectivity index (χ1) is 23.2. The monoisotopic (exact) mass is 581 g/mol. The van der Waals surface area contributed by atoms with Crippen molar-refractivity contribution < 1.29 is 29.6 Å². The zero-order valence-corrected chi connectivity index (χ0v) is 22.7. The fraction of sp³-hybridized carbons (Fsp3) is 0.400. The minimum Gasteiger partial charge on any atom is -0.446 e. The van der Waals surface area contributed by atoms with Gasteiger partial charge in [0.15, 0.2) is 0 Å². The number of halogens is 1. The van der Waals surface area contributed by atoms with E-state index in [1.54, 1.807) is 6.07 Å². The molecule has 4 aromatic heterocycles. The Morgan fingerprint density at radius 1 is 1.38 bits per heavy atom. The molecule has 0 spiro atoms. The smallest absolute Gasteiger partial charge is 0.404 e. The number of rotatable bonds is 5. The second kappa shape index (κ2) is 9.28. The number of benzene rings is 1. The average Bonchev–Trinajstić information content (AvgIpc) is 3.80. The number of imidazole rings is 1. The molecule has 1 amide bonds. The molecule has 0 bridgehead atoms. The number of carbonyl (C=O) groups is 1. The van der Waals surface area contributed by atoms with Gasteiger partial charge in [-0.05, 0) is 56.3 Å². The highest BCUT2D eigenvalue weighted by Crippen LogP contribution is 2.45. The summed E-state index contributed by atoms with van der Waals surface area (Å²) in [5, 5.41) is 3.85. The van der Waals surface area contributed by atoms with Crippen LogP contribution in [0.15, 0.2) is 35.4 Å². The first-order valence-electron chi connectivity index (χ1n) is 17.4. The summed E-state index contributed by atoms with van der Waals surface area (Å²) in [7, 11) is 0. The van der Waals surface area contributed by atoms with Crippen LogP contribution in [0.25, 0.3) is 44.5 Å². The van der Waals surface area contributed by atoms with Gasteiger partial charge in [-0.1, -0.05) is 12.1 Å². The molecule has 5 aromatic rings. The highest BCUT2D eigenvalue weighted by molar-refractivity contribution is 6.14. The van der Waals surface area contributed by atoms with Crippen LogP contribution in [0.4, 0.5) is 9.18 Å². The molecule has 2 atom stereocenters. The Morgan fingerprint density at radius 2 is 2.24 bits per heavy atom. The number of hydrogen-bond acceptors (Lipinski definition) is 6. The predicted octanol–water partition coefficient (Wildman–Crippen LogP) is 4.86. The van der Waals surface area contributed by atoms with Crippen molar-refractivity contribution in [1.29, 1.82) is 0 Å². The van der Waals surface area contributed by atoms with Crippen LogP contribution in [0.3, 0.4) is 0 Å². The largest absolute Gasteiger partial charge is 0.446 e. The molecule has 12 heteroatoms. The molecule has 1 aromatic carbocycles. The molecule has 1 aliphatic heterocycles. The molecule has 218 valence electrons. The van der Waals surface area contributed by atoms with Crippen molar-refractivity contribution >= 4 is 28.2 Å². The maximum Gasteiger partial charge on any atom is 0.404 e. The van der Waals surface area contributed by atoms with E-state index in [4.69, 9.17) is 26.2 Å². The van der Waals surface area contributed by atoms with Gasteiger partial charge >= 0.3 is 11.8 Å². The minimum atomic E-state index is -3.20. The summed E-state index contributed by atoms with van der Waals surface area (Å²) in [6.45, 7) is -5.11. The molecular weight excluding hydrogens is 541 g/mol. The van der Waals surface area contributed by atoms with Gasteiger partial charge in [-0.3, -0.25) is 13.8 Å². The van der Waals surface area contributed by atoms with Gasteiger partial charge in [0, 0.05) is 45.9 Å². The van der Waals surface area contributed by atoms with E-state index in [0.29, 0.717) is 27.7 Å². The quantitative estimate of drug-likeness (QED) is 0.304. The van der Waals surface area contributed by atoms with Crippen molar-refractivity contribution in [1.82, 2.24) is 28.9 Å². The number of aromatic amines is 1. The molecular formula is C30H32FN7O4. The number of carbonyl (C=O) groups excluding carboxylic acids is 1. The summed E-state index contributed by atoms with van der Waals surface area (Å²) in [5.74, 6) is -1.19. The summed E-state index contributed by atoms with van der Waals surface area (Å²) in [4.78, 5) is 33.2. The molecule has 7 rings (SSSR count). The number of fused-ring (bicyclic) bond motifs is 4. The topological polar surface area (TPSA) is 135 Å². The Bertz CT molecular complexity index is 2270. The van der Waals surface area contributed by atoms with Crippen molar-refractivity contribution in [3.63, 3.8) is 0 Å². The number of nitrogens with two attached hydrogens (primary N) is 1. The maximum absolute atomic E-state index is 15.8. The summed E-state index contributed by atoms with van der Waals surface area (Å²) in [6, 6.07) is 4.81. The van der Waals surface area contributed by atoms with Crippen molar-refractivity contribution in [3.8, 4) is 22.4 Å². The van der Waals surface area contributed by atoms with Crippen LogP contribution < -0.4 is 11.4 Å². The Hall–Kier alpha value is -4.45. The number of amides is 1. The lowest BCUT2D eigenvalue weighted by Gasteiger charge is -2.18. The second-order valence-electron chi connectivity index (χ2n) is 11.2. The lowest BCUT2D eigenvalue weighted by atomic mass is 9.91. The van der Waals surface area contributed by atoms with E-state index >= 15 is 4.39 Å². The Labute approximate surface area is 251 Å². The van der Waals surface area contributed by atoms with E-state index in [1.807, 2.05) is 26.0 Å². The number of primary amides is 1. The molecule has 0 unspecified atom stereocenters. The third-order valence-corrected chi connectivity index (χ3v) is 8.34. The van der Waals surface area contributed by atoms with Crippen molar-refractivity contribution in [2.75, 3.05) is 0 Å². The lowest BCUT2D eigenvalue weighted by Crippen LogP contribution is -2.26. The van der Waals surface area contributed by atoms with E-state index in [-0.39, 0.29) is 51.9 Å². The number of hydrogen-bond donors (Lipinski definition) is 2. The van der Waals surface area contributed by atoms with Crippen LogP contribution in [0.5, 0.6) is 0 Å². The van der Waals surface area contributed by atoms with Gasteiger partial charge in [0.25, 0.3) is 0 Å². The first-order valence-corrected chi connectivity index (χ1v) is 13.4. The van der Waals surface area contributed by atoms with E-state index in [2.05, 4.69) is 15.1 Å². The van der Waals surface area contributed by atoms with E-state index in [9.17, 15) is 9.59 Å². The highest BCUT2D eigenvalue weighted by Gasteiger charge is 2.34. The number of pyridine rings is 1. The zero-order chi connectivity index (χ0) is 36.3. The van der Waals surface area contributed by atoms with E-state index in [1.165, 1.54) is 10.8 Å². The van der Waals surface area contributed by atoms with Crippen LogP contribution >= 0.6 is 0 Å². The van der Waals surface area contributed by atoms with Gasteiger partial charge in [-0.25, -0.2) is 14.6 Å². The highest BCUT2D eigenvalue weighted by atomic mass is 19.1. The van der Waals surface area contributed by atoms with Gasteiger partial charge in [0.2, 0.25) is 5.95 Å². The fourth-order valence-corrected chi connectivity index (χ4v) is 6.47. The molecule has 1 aliphatic carbocycles. The Kier molecular flexibility index (Phi) is 4.17. The SMILES string of the molecule is [2H]C([2H])([2H])n1c(=O)n([C@@H]2CC[C@@H](OC(N)=O)C2)c2c3c(-c4ccc5c(c4)COC5(C)C)c(-c4cn(C([2H])([2H])C([2H])([2H])[2H])nc4F)[nH]c3ncc21. The van der Waals surface area contributed by atoms with Gasteiger partial charge in [-0.2, -0.15) is 4.39 Å². The van der Waals surface area contributed by atoms with Crippen LogP contribution in [0.2, 0.25) is 0 Å². The van der Waals surface area contributed by atoms with Crippen molar-refractivity contribution in [3.05, 3.63) is 58.2 Å². The van der Waals surface area contributed by atoms with Crippen LogP contribution in [0.1, 0.15) is 68.1 Å². The molecule has 0 saturated heterocycles. The molecule has 1 saturated carbocycles. The number of nitrogens with one attached hydrogen (secondary N) is 1. The number of ether oxygens (including phenoxy) is 2. The van der Waals surface area contributed by atoms with Crippen LogP contribution in [-0.4, -0.2) is 41.1 Å². The standard InChI is InChI=1S/C30H32FN7O4/c1-5-37-13-19(26(31)35-37)24-22(15-6-9-20-16(10-15)14-41-30(20,2)3)23-25-21(12-33-27(23)34-24)36(4)29(40)38(25)17-7-8-18(11-17)42-28(32)39/h6,9-10,12-13,17-18H,5,7-8,11,14H2,1-4H3,(H2,32,39)(H,33,34)/t17-,18-/m1/s1/i1D3,4D3,5D2. The number of nitrogens with zero attached hydrogens (tertiary/aromatic N) is 5. The van der Waals surface area contributed by atoms with Gasteiger partial charge < -0.3 is 20.2 Å². The van der Waals surface area contributed by atoms with Crippen LogP contribution in [0, 0.1) is 5.95 Å². The maximum atomic E-state index is 15.8. The zero-order valence-electron chi connectivity index (χ0n) is 30.7. The fourth-order valence-electron chi connectivity index (χ4n) is 6.47. The third-order valence-electron chi connectivity index (χ3n) is 8.34. The summed E-state index contributed by atoms with van der Waals surface area (Å²) in [5.41, 5.74) is 6.30. The lowest BCUT2D eigenvalue weighted by molar-refractivity contribution is -0.00789. The normalized spacial score (nSPS) is 23.4. The third kappa shape index (κ3) is 3.88. The van der Waals surface area contributed by atoms with Crippen molar-refractivity contribution in [2.45, 2.75) is 70.8 Å². The molecule has 2 aliphatic rings. The minimum absolute atomic E-state index is 0.0326. The first kappa shape index (κ1) is 18.9. The molecule has 5 heterocycles. The van der Waals surface area contributed by atoms with E-state index in [0.717, 1.165) is 17.3 Å². The number of aromatic nitrogens is 6. The molecule has 42 heavy (non-hydrogen) atoms. The summed E-state index contributed by atoms with van der Waals surface area (Å²) >= 11 is 0. The Balaban J connectivity index is 1.57. The molecule has 1 fully saturated rings. The number of aryl methyl sites for hydroxylation is 2. The van der Waals surface area contributed by atoms with Crippen molar-refractivity contribution in [2.24, 2.45) is 12.7 Å². The van der Waals surface area contributed by atoms with Gasteiger partial charge in [0.05, 0.1) is 48.8 Å². The van der Waals surface area contributed by atoms with Crippen LogP contribution in [-0.2, 0) is 35.2 Å². The molecule has 11 nitrogen and oxygen atoms in total. The molecule has 3 N–H and O–H groups in total. The predicted molar refractivity (Wildman–Crippen MR) is 154 cm³/mol. The van der Waals surface area contributed by atoms with Gasteiger partial charge in [0.1, 0.15) is 11.8 Å². The number of H-pyrrole nitrogens is 1. The summed E-state index contributed by atoms with van der Waals surface area (Å²) in [6.07, 6.45) is 1.42. The molecule has 0 radical (unpaired) electrons. The second-order valence-corrected chi connectivity index (χ2v) is 11.2.